The number of unbranched alkanes of at least 4 members (excludes halogenated alkanes) is 1. The molecular weight excluding hydrogens is 230 g/mol. The fourth-order valence-electron chi connectivity index (χ4n) is 4.59. The van der Waals surface area contributed by atoms with Crippen molar-refractivity contribution in [1.29, 1.82) is 0 Å². The van der Waals surface area contributed by atoms with Crippen LogP contribution in [0.5, 0.6) is 0 Å². The molecule has 110 valence electrons. The summed E-state index contributed by atoms with van der Waals surface area (Å²) in [4.78, 5) is 0. The minimum absolute atomic E-state index is 0.699. The maximum absolute atomic E-state index is 3.87. The molecule has 0 heterocycles. The Morgan fingerprint density at radius 2 is 1.89 bits per heavy atom. The summed E-state index contributed by atoms with van der Waals surface area (Å²) in [6.07, 6.45) is 14.8. The van der Waals surface area contributed by atoms with Crippen molar-refractivity contribution in [2.45, 2.75) is 84.1 Å². The highest BCUT2D eigenvalue weighted by molar-refractivity contribution is 5.05. The first kappa shape index (κ1) is 13.9. The van der Waals surface area contributed by atoms with E-state index in [0.717, 1.165) is 23.8 Å². The Hall–Kier alpha value is -0.0400. The third-order valence-electron chi connectivity index (χ3n) is 6.07. The SMILES string of the molecule is CCCCC(CC)CC1(CNC2CC2)CC2CC2C1. The van der Waals surface area contributed by atoms with Crippen LogP contribution in [0.4, 0.5) is 0 Å². The van der Waals surface area contributed by atoms with Crippen molar-refractivity contribution in [2.24, 2.45) is 23.2 Å². The van der Waals surface area contributed by atoms with E-state index >= 15 is 0 Å². The molecule has 0 aromatic rings. The molecule has 0 bridgehead atoms. The normalized spacial score (nSPS) is 38.2. The summed E-state index contributed by atoms with van der Waals surface area (Å²) in [5, 5.41) is 3.87. The lowest BCUT2D eigenvalue weighted by molar-refractivity contribution is 0.179. The molecule has 0 saturated heterocycles. The lowest BCUT2D eigenvalue weighted by Gasteiger charge is -2.35. The molecule has 0 aromatic heterocycles. The van der Waals surface area contributed by atoms with Crippen LogP contribution in [0.15, 0.2) is 0 Å². The van der Waals surface area contributed by atoms with Gasteiger partial charge in [-0.15, -0.1) is 0 Å². The van der Waals surface area contributed by atoms with Crippen LogP contribution < -0.4 is 5.32 Å². The van der Waals surface area contributed by atoms with E-state index in [1.165, 1.54) is 51.5 Å². The van der Waals surface area contributed by atoms with E-state index in [0.29, 0.717) is 5.41 Å². The molecule has 0 spiro atoms. The van der Waals surface area contributed by atoms with Crippen molar-refractivity contribution in [3.63, 3.8) is 0 Å². The third kappa shape index (κ3) is 3.54. The van der Waals surface area contributed by atoms with E-state index < -0.39 is 0 Å². The Balaban J connectivity index is 1.54. The van der Waals surface area contributed by atoms with Crippen LogP contribution in [0.1, 0.15) is 78.1 Å². The molecule has 1 nitrogen and oxygen atoms in total. The standard InChI is InChI=1S/C18H33N/c1-3-5-6-14(4-2)10-18(13-19-17-7-8-17)11-15-9-16(15)12-18/h14-17,19H,3-13H2,1-2H3. The van der Waals surface area contributed by atoms with Crippen LogP contribution in [0.2, 0.25) is 0 Å². The molecule has 0 amide bonds. The molecule has 19 heavy (non-hydrogen) atoms. The number of nitrogens with one attached hydrogen (secondary N) is 1. The van der Waals surface area contributed by atoms with Gasteiger partial charge >= 0.3 is 0 Å². The second kappa shape index (κ2) is 5.76. The smallest absolute Gasteiger partial charge is 0.00684 e. The molecule has 3 aliphatic carbocycles. The molecule has 3 unspecified atom stereocenters. The second-order valence-corrected chi connectivity index (χ2v) is 7.94. The zero-order valence-corrected chi connectivity index (χ0v) is 13.1. The van der Waals surface area contributed by atoms with E-state index in [2.05, 4.69) is 19.2 Å². The van der Waals surface area contributed by atoms with E-state index in [9.17, 15) is 0 Å². The highest BCUT2D eigenvalue weighted by Crippen LogP contribution is 2.62. The zero-order valence-electron chi connectivity index (χ0n) is 13.1. The first-order valence-electron chi connectivity index (χ1n) is 8.98. The van der Waals surface area contributed by atoms with Crippen molar-refractivity contribution < 1.29 is 0 Å². The summed E-state index contributed by atoms with van der Waals surface area (Å²) in [5.74, 6) is 3.26. The largest absolute Gasteiger partial charge is 0.313 e. The average Bonchev–Trinajstić information content (AvgIpc) is 3.33. The molecule has 3 saturated carbocycles. The number of hydrogen-bond acceptors (Lipinski definition) is 1. The van der Waals surface area contributed by atoms with Crippen LogP contribution >= 0.6 is 0 Å². The van der Waals surface area contributed by atoms with Gasteiger partial charge in [0.25, 0.3) is 0 Å². The Morgan fingerprint density at radius 1 is 1.16 bits per heavy atom. The van der Waals surface area contributed by atoms with Gasteiger partial charge in [0, 0.05) is 12.6 Å². The predicted octanol–water partition coefficient (Wildman–Crippen LogP) is 4.76. The molecule has 0 radical (unpaired) electrons. The number of rotatable bonds is 9. The van der Waals surface area contributed by atoms with Gasteiger partial charge < -0.3 is 5.32 Å². The average molecular weight is 263 g/mol. The minimum Gasteiger partial charge on any atom is -0.313 e. The van der Waals surface area contributed by atoms with Gasteiger partial charge in [0.15, 0.2) is 0 Å². The zero-order chi connectivity index (χ0) is 13.3. The maximum Gasteiger partial charge on any atom is 0.00684 e. The summed E-state index contributed by atoms with van der Waals surface area (Å²) >= 11 is 0. The quantitative estimate of drug-likeness (QED) is 0.632. The van der Waals surface area contributed by atoms with Gasteiger partial charge in [0.2, 0.25) is 0 Å². The lowest BCUT2D eigenvalue weighted by Crippen LogP contribution is -2.36. The summed E-state index contributed by atoms with van der Waals surface area (Å²) < 4.78 is 0. The Labute approximate surface area is 119 Å². The molecule has 3 fully saturated rings. The van der Waals surface area contributed by atoms with Crippen LogP contribution in [0.25, 0.3) is 0 Å². The van der Waals surface area contributed by atoms with Crippen LogP contribution in [-0.4, -0.2) is 12.6 Å². The van der Waals surface area contributed by atoms with Gasteiger partial charge in [-0.3, -0.25) is 0 Å². The van der Waals surface area contributed by atoms with E-state index in [-0.39, 0.29) is 0 Å². The maximum atomic E-state index is 3.87. The summed E-state index contributed by atoms with van der Waals surface area (Å²) in [7, 11) is 0. The van der Waals surface area contributed by atoms with Gasteiger partial charge in [0.05, 0.1) is 0 Å². The van der Waals surface area contributed by atoms with Crippen molar-refractivity contribution in [1.82, 2.24) is 5.32 Å². The number of hydrogen-bond donors (Lipinski definition) is 1. The van der Waals surface area contributed by atoms with E-state index in [1.807, 2.05) is 0 Å². The van der Waals surface area contributed by atoms with Gasteiger partial charge in [-0.2, -0.15) is 0 Å². The van der Waals surface area contributed by atoms with E-state index in [1.54, 1.807) is 19.3 Å². The summed E-state index contributed by atoms with van der Waals surface area (Å²) in [6.45, 7) is 6.09. The summed E-state index contributed by atoms with van der Waals surface area (Å²) in [6, 6.07) is 0.893. The van der Waals surface area contributed by atoms with Crippen molar-refractivity contribution in [3.05, 3.63) is 0 Å². The molecule has 3 rings (SSSR count). The first-order chi connectivity index (χ1) is 9.24. The molecule has 3 atom stereocenters. The highest BCUT2D eigenvalue weighted by Gasteiger charge is 2.53. The Bertz CT molecular complexity index is 284. The van der Waals surface area contributed by atoms with Crippen molar-refractivity contribution >= 4 is 0 Å². The second-order valence-electron chi connectivity index (χ2n) is 7.94. The molecule has 0 aromatic carbocycles. The van der Waals surface area contributed by atoms with Gasteiger partial charge in [0.1, 0.15) is 0 Å². The fraction of sp³-hybridized carbons (Fsp3) is 1.00. The lowest BCUT2D eigenvalue weighted by atomic mass is 9.73. The minimum atomic E-state index is 0.699. The Morgan fingerprint density at radius 3 is 2.47 bits per heavy atom. The topological polar surface area (TPSA) is 12.0 Å². The number of fused-ring (bicyclic) bond motifs is 1. The molecular formula is C18H33N. The Kier molecular flexibility index (Phi) is 4.22. The van der Waals surface area contributed by atoms with Crippen LogP contribution in [0, 0.1) is 23.2 Å². The highest BCUT2D eigenvalue weighted by atomic mass is 15.0. The monoisotopic (exact) mass is 263 g/mol. The molecule has 0 aliphatic heterocycles. The van der Waals surface area contributed by atoms with Crippen LogP contribution in [0.3, 0.4) is 0 Å². The van der Waals surface area contributed by atoms with Crippen molar-refractivity contribution in [2.75, 3.05) is 6.54 Å². The van der Waals surface area contributed by atoms with Gasteiger partial charge in [-0.25, -0.2) is 0 Å². The third-order valence-corrected chi connectivity index (χ3v) is 6.07. The molecule has 3 aliphatic rings. The first-order valence-corrected chi connectivity index (χ1v) is 8.98. The molecule has 1 N–H and O–H groups in total. The molecule has 1 heteroatoms. The summed E-state index contributed by atoms with van der Waals surface area (Å²) in [5.41, 5.74) is 0.699. The van der Waals surface area contributed by atoms with Gasteiger partial charge in [-0.1, -0.05) is 39.5 Å². The van der Waals surface area contributed by atoms with Crippen molar-refractivity contribution in [3.8, 4) is 0 Å². The fourth-order valence-corrected chi connectivity index (χ4v) is 4.59. The van der Waals surface area contributed by atoms with Gasteiger partial charge in [-0.05, 0) is 61.7 Å². The van der Waals surface area contributed by atoms with Crippen LogP contribution in [-0.2, 0) is 0 Å². The van der Waals surface area contributed by atoms with E-state index in [4.69, 9.17) is 0 Å². The predicted molar refractivity (Wildman–Crippen MR) is 82.2 cm³/mol.